The fraction of sp³-hybridized carbons (Fsp3) is 0.250. The molecule has 0 aliphatic carbocycles. The molecule has 1 N–H and O–H groups in total. The molecule has 100 valence electrons. The van der Waals surface area contributed by atoms with Crippen LogP contribution in [0.5, 0.6) is 0 Å². The summed E-state index contributed by atoms with van der Waals surface area (Å²) >= 11 is 5.01. The Kier molecular flexibility index (Phi) is 4.49. The molecule has 2 heterocycles. The lowest BCUT2D eigenvalue weighted by Crippen LogP contribution is -2.27. The van der Waals surface area contributed by atoms with E-state index in [0.29, 0.717) is 18.1 Å². The maximum Gasteiger partial charge on any atom is 0.274 e. The number of amides is 1. The van der Waals surface area contributed by atoms with E-state index in [1.807, 2.05) is 11.4 Å². The van der Waals surface area contributed by atoms with Crippen molar-refractivity contribution in [3.05, 3.63) is 38.9 Å². The number of halogens is 1. The molecule has 0 saturated heterocycles. The second-order valence-electron chi connectivity index (χ2n) is 3.93. The molecule has 0 unspecified atom stereocenters. The lowest BCUT2D eigenvalue weighted by molar-refractivity contribution is 0.0780. The first-order valence-corrected chi connectivity index (χ1v) is 7.25. The lowest BCUT2D eigenvalue weighted by atomic mass is 10.3. The Morgan fingerprint density at radius 2 is 2.32 bits per heavy atom. The monoisotopic (exact) mass is 340 g/mol. The molecule has 2 aromatic heterocycles. The minimum absolute atomic E-state index is 0.144. The fourth-order valence-electron chi connectivity index (χ4n) is 1.53. The van der Waals surface area contributed by atoms with Crippen LogP contribution in [0.1, 0.15) is 15.4 Å². The van der Waals surface area contributed by atoms with Gasteiger partial charge in [0.15, 0.2) is 0 Å². The topological polar surface area (TPSA) is 58.1 Å². The highest BCUT2D eigenvalue weighted by Gasteiger charge is 2.15. The summed E-state index contributed by atoms with van der Waals surface area (Å²) in [4.78, 5) is 23.1. The van der Waals surface area contributed by atoms with E-state index in [1.54, 1.807) is 36.5 Å². The smallest absolute Gasteiger partial charge is 0.274 e. The van der Waals surface area contributed by atoms with Crippen molar-refractivity contribution in [1.29, 1.82) is 0 Å². The Bertz CT molecular complexity index is 587. The van der Waals surface area contributed by atoms with Gasteiger partial charge in [0.2, 0.25) is 0 Å². The van der Waals surface area contributed by atoms with Crippen molar-refractivity contribution < 1.29 is 4.79 Å². The van der Waals surface area contributed by atoms with Crippen LogP contribution in [0, 0.1) is 0 Å². The maximum absolute atomic E-state index is 12.2. The number of carbonyl (C=O) groups excluding carboxylic acids is 1. The third kappa shape index (κ3) is 3.51. The van der Waals surface area contributed by atoms with Crippen molar-refractivity contribution in [3.63, 3.8) is 0 Å². The highest BCUT2D eigenvalue weighted by atomic mass is 79.9. The summed E-state index contributed by atoms with van der Waals surface area (Å²) in [6, 6.07) is 2.00. The first-order valence-electron chi connectivity index (χ1n) is 5.58. The van der Waals surface area contributed by atoms with Crippen molar-refractivity contribution in [2.24, 2.45) is 0 Å². The van der Waals surface area contributed by atoms with Crippen LogP contribution in [0.15, 0.2) is 28.3 Å². The molecule has 1 amide bonds. The number of hydrogen-bond donors (Lipinski definition) is 1. The molecule has 5 nitrogen and oxygen atoms in total. The molecule has 0 fully saturated rings. The molecule has 0 bridgehead atoms. The number of nitrogens with zero attached hydrogens (tertiary/aromatic N) is 3. The highest BCUT2D eigenvalue weighted by Crippen LogP contribution is 2.21. The van der Waals surface area contributed by atoms with Gasteiger partial charge in [-0.2, -0.15) is 0 Å². The number of carbonyl (C=O) groups is 1. The molecule has 0 atom stereocenters. The first kappa shape index (κ1) is 14.0. The molecule has 2 rings (SSSR count). The van der Waals surface area contributed by atoms with Gasteiger partial charge in [-0.1, -0.05) is 0 Å². The number of hydrogen-bond acceptors (Lipinski definition) is 5. The van der Waals surface area contributed by atoms with E-state index in [2.05, 4.69) is 31.2 Å². The second-order valence-corrected chi connectivity index (χ2v) is 5.84. The van der Waals surface area contributed by atoms with E-state index >= 15 is 0 Å². The third-order valence-electron chi connectivity index (χ3n) is 2.47. The summed E-state index contributed by atoms with van der Waals surface area (Å²) < 4.78 is 1.03. The number of aromatic nitrogens is 2. The molecule has 0 aromatic carbocycles. The second kappa shape index (κ2) is 6.12. The number of nitrogens with one attached hydrogen (secondary N) is 1. The predicted octanol–water partition coefficient (Wildman–Crippen LogP) is 2.61. The van der Waals surface area contributed by atoms with Gasteiger partial charge in [-0.15, -0.1) is 11.3 Å². The predicted molar refractivity (Wildman–Crippen MR) is 79.4 cm³/mol. The number of anilines is 1. The number of thiophene rings is 1. The standard InChI is InChI=1S/C12H13BrN4OS/c1-14-11-5-15-4-10(16-11)12(18)17(2)6-9-3-8(13)7-19-9/h3-5,7H,6H2,1-2H3,(H,14,16). The quantitative estimate of drug-likeness (QED) is 0.929. The molecule has 0 radical (unpaired) electrons. The van der Waals surface area contributed by atoms with Gasteiger partial charge < -0.3 is 10.2 Å². The van der Waals surface area contributed by atoms with Crippen LogP contribution in [-0.4, -0.2) is 34.9 Å². The zero-order valence-corrected chi connectivity index (χ0v) is 13.0. The lowest BCUT2D eigenvalue weighted by Gasteiger charge is -2.15. The summed E-state index contributed by atoms with van der Waals surface area (Å²) in [5.41, 5.74) is 0.338. The van der Waals surface area contributed by atoms with Crippen molar-refractivity contribution in [2.45, 2.75) is 6.54 Å². The minimum atomic E-state index is -0.144. The zero-order chi connectivity index (χ0) is 13.8. The summed E-state index contributed by atoms with van der Waals surface area (Å²) in [7, 11) is 3.49. The molecule has 0 spiro atoms. The van der Waals surface area contributed by atoms with Gasteiger partial charge in [0.05, 0.1) is 18.9 Å². The van der Waals surface area contributed by atoms with E-state index in [-0.39, 0.29) is 5.91 Å². The van der Waals surface area contributed by atoms with Crippen molar-refractivity contribution in [1.82, 2.24) is 14.9 Å². The van der Waals surface area contributed by atoms with Gasteiger partial charge in [0, 0.05) is 28.8 Å². The molecule has 7 heteroatoms. The van der Waals surface area contributed by atoms with E-state index in [4.69, 9.17) is 0 Å². The Balaban J connectivity index is 2.09. The summed E-state index contributed by atoms with van der Waals surface area (Å²) in [6.45, 7) is 0.556. The first-order chi connectivity index (χ1) is 9.10. The summed E-state index contributed by atoms with van der Waals surface area (Å²) in [5, 5.41) is 4.86. The molecule has 19 heavy (non-hydrogen) atoms. The Hall–Kier alpha value is -1.47. The van der Waals surface area contributed by atoms with Gasteiger partial charge in [-0.3, -0.25) is 9.78 Å². The van der Waals surface area contributed by atoms with Crippen LogP contribution < -0.4 is 5.32 Å². The van der Waals surface area contributed by atoms with Crippen LogP contribution >= 0.6 is 27.3 Å². The molecular weight excluding hydrogens is 328 g/mol. The largest absolute Gasteiger partial charge is 0.372 e. The van der Waals surface area contributed by atoms with Crippen LogP contribution in [0.3, 0.4) is 0 Å². The zero-order valence-electron chi connectivity index (χ0n) is 10.6. The Morgan fingerprint density at radius 3 is 2.95 bits per heavy atom. The van der Waals surface area contributed by atoms with Crippen molar-refractivity contribution in [3.8, 4) is 0 Å². The molecule has 2 aromatic rings. The van der Waals surface area contributed by atoms with E-state index in [1.165, 1.54) is 6.20 Å². The van der Waals surface area contributed by atoms with E-state index in [9.17, 15) is 4.79 Å². The SMILES string of the molecule is CNc1cncc(C(=O)N(C)Cc2cc(Br)cs2)n1. The average molecular weight is 341 g/mol. The summed E-state index contributed by atoms with van der Waals surface area (Å²) in [6.07, 6.45) is 3.05. The Morgan fingerprint density at radius 1 is 1.53 bits per heavy atom. The van der Waals surface area contributed by atoms with E-state index in [0.717, 1.165) is 9.35 Å². The average Bonchev–Trinajstić information content (AvgIpc) is 2.83. The van der Waals surface area contributed by atoms with Gasteiger partial charge >= 0.3 is 0 Å². The normalized spacial score (nSPS) is 10.3. The van der Waals surface area contributed by atoms with Crippen LogP contribution in [0.25, 0.3) is 0 Å². The molecule has 0 saturated carbocycles. The Labute approximate surface area is 123 Å². The molecule has 0 aliphatic heterocycles. The molecular formula is C12H13BrN4OS. The van der Waals surface area contributed by atoms with Crippen LogP contribution in [0.4, 0.5) is 5.82 Å². The van der Waals surface area contributed by atoms with Crippen molar-refractivity contribution >= 4 is 39.0 Å². The minimum Gasteiger partial charge on any atom is -0.372 e. The fourth-order valence-corrected chi connectivity index (χ4v) is 3.03. The molecule has 0 aliphatic rings. The number of rotatable bonds is 4. The van der Waals surface area contributed by atoms with E-state index < -0.39 is 0 Å². The third-order valence-corrected chi connectivity index (χ3v) is 4.15. The maximum atomic E-state index is 12.2. The van der Waals surface area contributed by atoms with Crippen LogP contribution in [0.2, 0.25) is 0 Å². The van der Waals surface area contributed by atoms with Crippen LogP contribution in [-0.2, 0) is 6.54 Å². The van der Waals surface area contributed by atoms with Gasteiger partial charge in [-0.25, -0.2) is 4.98 Å². The van der Waals surface area contributed by atoms with Gasteiger partial charge in [-0.05, 0) is 22.0 Å². The van der Waals surface area contributed by atoms with Crippen molar-refractivity contribution in [2.75, 3.05) is 19.4 Å². The highest BCUT2D eigenvalue weighted by molar-refractivity contribution is 9.10. The summed E-state index contributed by atoms with van der Waals surface area (Å²) in [5.74, 6) is 0.437. The van der Waals surface area contributed by atoms with Gasteiger partial charge in [0.25, 0.3) is 5.91 Å². The van der Waals surface area contributed by atoms with Gasteiger partial charge in [0.1, 0.15) is 11.5 Å².